The van der Waals surface area contributed by atoms with Crippen molar-refractivity contribution in [3.8, 4) is 11.6 Å². The van der Waals surface area contributed by atoms with Gasteiger partial charge in [0, 0.05) is 42.1 Å². The fourth-order valence-electron chi connectivity index (χ4n) is 4.24. The number of hydrogen-bond acceptors (Lipinski definition) is 9. The molecular formula is C26H22N2O9S2. The van der Waals surface area contributed by atoms with Crippen molar-refractivity contribution in [1.29, 1.82) is 0 Å². The van der Waals surface area contributed by atoms with E-state index in [-0.39, 0.29) is 36.7 Å². The van der Waals surface area contributed by atoms with Gasteiger partial charge in [-0.15, -0.1) is 5.73 Å². The number of anilines is 1. The number of furan rings is 1. The average molecular weight is 571 g/mol. The van der Waals surface area contributed by atoms with Crippen molar-refractivity contribution in [3.05, 3.63) is 74.7 Å². The molecule has 1 aliphatic rings. The van der Waals surface area contributed by atoms with Gasteiger partial charge in [0.1, 0.15) is 16.0 Å². The second kappa shape index (κ2) is 10.5. The lowest BCUT2D eigenvalue weighted by atomic mass is 10.1. The molecule has 202 valence electrons. The predicted molar refractivity (Wildman–Crippen MR) is 146 cm³/mol. The molecule has 0 saturated heterocycles. The number of fused-ring (bicyclic) bond motifs is 4. The molecule has 4 aromatic rings. The van der Waals surface area contributed by atoms with E-state index in [1.54, 1.807) is 11.0 Å². The van der Waals surface area contributed by atoms with Gasteiger partial charge >= 0.3 is 10.8 Å². The number of thiazole rings is 1. The number of carbonyl (C=O) groups is 1. The van der Waals surface area contributed by atoms with Crippen molar-refractivity contribution >= 4 is 61.1 Å². The van der Waals surface area contributed by atoms with Gasteiger partial charge in [-0.05, 0) is 24.6 Å². The molecule has 0 atom stereocenters. The Morgan fingerprint density at radius 1 is 1.13 bits per heavy atom. The number of aromatic nitrogens is 1. The van der Waals surface area contributed by atoms with Crippen LogP contribution in [0.1, 0.15) is 17.7 Å². The van der Waals surface area contributed by atoms with Crippen molar-refractivity contribution in [1.82, 2.24) is 4.57 Å². The van der Waals surface area contributed by atoms with Crippen LogP contribution in [0.2, 0.25) is 0 Å². The smallest absolute Gasteiger partial charge is 0.310 e. The lowest BCUT2D eigenvalue weighted by molar-refractivity contribution is -0.137. The third-order valence-electron chi connectivity index (χ3n) is 5.99. The minimum absolute atomic E-state index is 0.127. The molecule has 0 spiro atoms. The fraction of sp³-hybridized carbons (Fsp3) is 0.192. The van der Waals surface area contributed by atoms with Gasteiger partial charge in [0.2, 0.25) is 11.8 Å². The monoisotopic (exact) mass is 570 g/mol. The topological polar surface area (TPSA) is 160 Å². The minimum atomic E-state index is -4.14. The number of para-hydroxylation sites is 1. The standard InChI is InChI=1S/C26H22N2O9S2/c29-24(30)10-12-28-25(31)22(38-26(28)32)8-3-4-9-23-27(11-5-13-39(33,34)35)18-15-20-17(14-21(18)37-23)16-6-1-2-7-19(16)36-20/h1-2,4,6-9,14-15,31H,5,10-13H2,(H,29,30)(H,33,34,35). The fourth-order valence-corrected chi connectivity index (χ4v) is 5.53. The zero-order chi connectivity index (χ0) is 27.7. The number of carboxylic acids is 1. The van der Waals surface area contributed by atoms with E-state index >= 15 is 0 Å². The molecule has 0 unspecified atom stereocenters. The van der Waals surface area contributed by atoms with E-state index in [4.69, 9.17) is 18.8 Å². The van der Waals surface area contributed by atoms with Crippen molar-refractivity contribution in [2.24, 2.45) is 0 Å². The van der Waals surface area contributed by atoms with Crippen LogP contribution in [0.25, 0.3) is 28.0 Å². The highest BCUT2D eigenvalue weighted by atomic mass is 32.2. The minimum Gasteiger partial charge on any atom is -0.493 e. The Kier molecular flexibility index (Phi) is 7.06. The molecule has 2 aromatic carbocycles. The summed E-state index contributed by atoms with van der Waals surface area (Å²) in [6.45, 7) is 0.0671. The summed E-state index contributed by atoms with van der Waals surface area (Å²) in [5.41, 5.74) is 4.86. The van der Waals surface area contributed by atoms with Crippen LogP contribution in [0, 0.1) is 0 Å². The Balaban J connectivity index is 1.45. The van der Waals surface area contributed by atoms with Gasteiger partial charge in [0.15, 0.2) is 5.75 Å². The van der Waals surface area contributed by atoms with E-state index in [0.29, 0.717) is 22.9 Å². The molecule has 0 fully saturated rings. The van der Waals surface area contributed by atoms with Crippen LogP contribution in [0.3, 0.4) is 0 Å². The first-order valence-corrected chi connectivity index (χ1v) is 14.2. The molecule has 0 bridgehead atoms. The largest absolute Gasteiger partial charge is 0.493 e. The maximum atomic E-state index is 12.1. The molecule has 13 heteroatoms. The number of aliphatic carboxylic acids is 1. The Morgan fingerprint density at radius 3 is 2.69 bits per heavy atom. The summed E-state index contributed by atoms with van der Waals surface area (Å²) in [5.74, 6) is -0.946. The maximum Gasteiger partial charge on any atom is 0.310 e. The summed E-state index contributed by atoms with van der Waals surface area (Å²) in [5, 5.41) is 20.9. The summed E-state index contributed by atoms with van der Waals surface area (Å²) < 4.78 is 44.7. The van der Waals surface area contributed by atoms with Gasteiger partial charge in [-0.3, -0.25) is 18.7 Å². The third-order valence-corrected chi connectivity index (χ3v) is 7.71. The third kappa shape index (κ3) is 5.61. The lowest BCUT2D eigenvalue weighted by Crippen LogP contribution is -2.23. The van der Waals surface area contributed by atoms with Crippen LogP contribution in [-0.4, -0.2) is 46.0 Å². The normalized spacial score (nSPS) is 14.0. The molecule has 1 aliphatic heterocycles. The summed E-state index contributed by atoms with van der Waals surface area (Å²) in [7, 11) is -4.14. The molecule has 2 aromatic heterocycles. The maximum absolute atomic E-state index is 12.1. The van der Waals surface area contributed by atoms with E-state index in [1.807, 2.05) is 36.4 Å². The molecule has 3 N–H and O–H groups in total. The van der Waals surface area contributed by atoms with Gasteiger partial charge in [-0.25, -0.2) is 0 Å². The Hall–Kier alpha value is -4.29. The zero-order valence-electron chi connectivity index (χ0n) is 20.2. The quantitative estimate of drug-likeness (QED) is 0.197. The van der Waals surface area contributed by atoms with Crippen LogP contribution in [0.4, 0.5) is 5.69 Å². The van der Waals surface area contributed by atoms with Gasteiger partial charge in [-0.1, -0.05) is 29.5 Å². The number of benzene rings is 2. The molecule has 0 aliphatic carbocycles. The Bertz CT molecular complexity index is 1860. The van der Waals surface area contributed by atoms with E-state index in [1.165, 1.54) is 12.2 Å². The summed E-state index contributed by atoms with van der Waals surface area (Å²) in [6, 6.07) is 11.2. The second-order valence-corrected chi connectivity index (χ2v) is 11.2. The molecule has 11 nitrogen and oxygen atoms in total. The molecule has 0 amide bonds. The number of nitrogens with zero attached hydrogens (tertiary/aromatic N) is 2. The van der Waals surface area contributed by atoms with E-state index in [9.17, 15) is 23.1 Å². The van der Waals surface area contributed by atoms with Crippen molar-refractivity contribution in [3.63, 3.8) is 0 Å². The molecule has 3 heterocycles. The highest BCUT2D eigenvalue weighted by Crippen LogP contribution is 2.44. The molecular weight excluding hydrogens is 548 g/mol. The number of carboxylic acid groups (broad SMARTS) is 1. The number of hydrogen-bond donors (Lipinski definition) is 3. The first-order valence-electron chi connectivity index (χ1n) is 11.7. The van der Waals surface area contributed by atoms with E-state index in [0.717, 1.165) is 32.3 Å². The number of aromatic hydroxyl groups is 1. The van der Waals surface area contributed by atoms with Crippen molar-refractivity contribution in [2.45, 2.75) is 19.4 Å². The van der Waals surface area contributed by atoms with Gasteiger partial charge in [-0.2, -0.15) is 8.42 Å². The SMILES string of the molecule is O=C(O)CCn1c(O)c(C=C=CC=C2Oc3cc4c(cc3N2CCCS(=O)(=O)O)oc2ccccc24)sc1=O. The van der Waals surface area contributed by atoms with E-state index in [2.05, 4.69) is 5.73 Å². The number of ether oxygens (including phenoxy) is 1. The first kappa shape index (κ1) is 26.3. The van der Waals surface area contributed by atoms with Gasteiger partial charge in [0.05, 0.1) is 17.9 Å². The molecule has 5 rings (SSSR count). The molecule has 39 heavy (non-hydrogen) atoms. The Morgan fingerprint density at radius 2 is 1.92 bits per heavy atom. The highest BCUT2D eigenvalue weighted by Gasteiger charge is 2.28. The van der Waals surface area contributed by atoms with Crippen LogP contribution in [0.5, 0.6) is 11.6 Å². The zero-order valence-corrected chi connectivity index (χ0v) is 21.9. The van der Waals surface area contributed by atoms with Crippen LogP contribution in [-0.2, 0) is 21.5 Å². The molecule has 0 radical (unpaired) electrons. The predicted octanol–water partition coefficient (Wildman–Crippen LogP) is 4.18. The highest BCUT2D eigenvalue weighted by molar-refractivity contribution is 7.85. The van der Waals surface area contributed by atoms with Gasteiger partial charge < -0.3 is 24.3 Å². The van der Waals surface area contributed by atoms with Crippen LogP contribution in [0.15, 0.2) is 69.4 Å². The van der Waals surface area contributed by atoms with Crippen molar-refractivity contribution < 1.29 is 37.1 Å². The average Bonchev–Trinajstić information content (AvgIpc) is 3.49. The summed E-state index contributed by atoms with van der Waals surface area (Å²) in [6.07, 6.45) is 4.30. The van der Waals surface area contributed by atoms with Crippen LogP contribution >= 0.6 is 11.3 Å². The second-order valence-electron chi connectivity index (χ2n) is 8.64. The summed E-state index contributed by atoms with van der Waals surface area (Å²) in [4.78, 5) is 24.3. The number of allylic oxidation sites excluding steroid dienone is 2. The first-order chi connectivity index (χ1) is 18.6. The van der Waals surface area contributed by atoms with Crippen molar-refractivity contribution in [2.75, 3.05) is 17.2 Å². The Labute approximate surface area is 225 Å². The van der Waals surface area contributed by atoms with Crippen LogP contribution < -0.4 is 14.5 Å². The van der Waals surface area contributed by atoms with E-state index < -0.39 is 26.7 Å². The van der Waals surface area contributed by atoms with Gasteiger partial charge in [0.25, 0.3) is 10.1 Å². The number of rotatable bonds is 9. The summed E-state index contributed by atoms with van der Waals surface area (Å²) >= 11 is 0.755. The molecule has 0 saturated carbocycles. The lowest BCUT2D eigenvalue weighted by Gasteiger charge is -2.17.